The number of nitrogens with zero attached hydrogens (tertiary/aromatic N) is 2. The van der Waals surface area contributed by atoms with Gasteiger partial charge >= 0.3 is 0 Å². The molecule has 1 aliphatic heterocycles. The smallest absolute Gasteiger partial charge is 0.272 e. The number of hydrogen-bond acceptors (Lipinski definition) is 5. The summed E-state index contributed by atoms with van der Waals surface area (Å²) in [7, 11) is 0. The summed E-state index contributed by atoms with van der Waals surface area (Å²) in [6.45, 7) is 6.69. The van der Waals surface area contributed by atoms with Crippen LogP contribution >= 0.6 is 0 Å². The van der Waals surface area contributed by atoms with Gasteiger partial charge in [0.05, 0.1) is 11.5 Å². The SMILES string of the molecule is Cc1cc(C(=O)N2CCCC2C(=O)NCCOc2c(C)cccc2C)ccc1[N+](=O)[O-]. The summed E-state index contributed by atoms with van der Waals surface area (Å²) in [5, 5.41) is 13.9. The maximum absolute atomic E-state index is 12.9. The number of hydrogen-bond donors (Lipinski definition) is 1. The number of nitro benzene ring substituents is 1. The van der Waals surface area contributed by atoms with Gasteiger partial charge in [-0.1, -0.05) is 18.2 Å². The number of rotatable bonds is 7. The van der Waals surface area contributed by atoms with E-state index in [0.717, 1.165) is 23.3 Å². The predicted molar refractivity (Wildman–Crippen MR) is 116 cm³/mol. The molecule has 1 fully saturated rings. The molecule has 31 heavy (non-hydrogen) atoms. The number of carbonyl (C=O) groups excluding carboxylic acids is 2. The second-order valence-electron chi connectivity index (χ2n) is 7.78. The summed E-state index contributed by atoms with van der Waals surface area (Å²) in [6, 6.07) is 9.65. The molecule has 1 heterocycles. The van der Waals surface area contributed by atoms with E-state index in [2.05, 4.69) is 5.32 Å². The van der Waals surface area contributed by atoms with Gasteiger partial charge in [-0.3, -0.25) is 19.7 Å². The van der Waals surface area contributed by atoms with E-state index in [1.807, 2.05) is 32.0 Å². The third-order valence-corrected chi connectivity index (χ3v) is 5.51. The first-order valence-corrected chi connectivity index (χ1v) is 10.3. The number of likely N-dealkylation sites (tertiary alicyclic amines) is 1. The monoisotopic (exact) mass is 425 g/mol. The first-order chi connectivity index (χ1) is 14.8. The molecule has 2 aromatic carbocycles. The zero-order valence-corrected chi connectivity index (χ0v) is 18.0. The number of ether oxygens (including phenoxy) is 1. The lowest BCUT2D eigenvalue weighted by Gasteiger charge is -2.24. The molecule has 0 aromatic heterocycles. The summed E-state index contributed by atoms with van der Waals surface area (Å²) in [6.07, 6.45) is 1.32. The first kappa shape index (κ1) is 22.3. The van der Waals surface area contributed by atoms with Crippen LogP contribution in [-0.4, -0.2) is 47.4 Å². The Bertz CT molecular complexity index is 984. The summed E-state index contributed by atoms with van der Waals surface area (Å²) >= 11 is 0. The van der Waals surface area contributed by atoms with Gasteiger partial charge in [-0.25, -0.2) is 0 Å². The number of nitro groups is 1. The molecule has 1 aliphatic rings. The standard InChI is InChI=1S/C23H27N3O5/c1-15-6-4-7-16(2)21(15)31-13-11-24-22(27)20-8-5-12-25(20)23(28)18-9-10-19(26(29)30)17(3)14-18/h4,6-7,9-10,14,20H,5,8,11-13H2,1-3H3,(H,24,27). The lowest BCUT2D eigenvalue weighted by molar-refractivity contribution is -0.385. The fourth-order valence-electron chi connectivity index (χ4n) is 3.91. The van der Waals surface area contributed by atoms with Crippen LogP contribution in [-0.2, 0) is 4.79 Å². The topological polar surface area (TPSA) is 102 Å². The first-order valence-electron chi connectivity index (χ1n) is 10.3. The van der Waals surface area contributed by atoms with Crippen LogP contribution in [0, 0.1) is 30.9 Å². The minimum atomic E-state index is -0.553. The van der Waals surface area contributed by atoms with E-state index in [4.69, 9.17) is 4.74 Å². The molecular formula is C23H27N3O5. The van der Waals surface area contributed by atoms with Crippen molar-refractivity contribution in [1.82, 2.24) is 10.2 Å². The fraction of sp³-hybridized carbons (Fsp3) is 0.391. The molecule has 1 N–H and O–H groups in total. The van der Waals surface area contributed by atoms with Crippen molar-refractivity contribution < 1.29 is 19.2 Å². The Labute approximate surface area is 181 Å². The Morgan fingerprint density at radius 2 is 1.87 bits per heavy atom. The average molecular weight is 425 g/mol. The van der Waals surface area contributed by atoms with Crippen LogP contribution in [0.15, 0.2) is 36.4 Å². The molecule has 1 unspecified atom stereocenters. The highest BCUT2D eigenvalue weighted by Crippen LogP contribution is 2.24. The van der Waals surface area contributed by atoms with Gasteiger partial charge in [-0.2, -0.15) is 0 Å². The van der Waals surface area contributed by atoms with Crippen molar-refractivity contribution in [2.75, 3.05) is 19.7 Å². The molecule has 8 heteroatoms. The van der Waals surface area contributed by atoms with Gasteiger partial charge in [0, 0.05) is 23.7 Å². The summed E-state index contributed by atoms with van der Waals surface area (Å²) in [5.41, 5.74) is 2.81. The van der Waals surface area contributed by atoms with E-state index >= 15 is 0 Å². The van der Waals surface area contributed by atoms with Gasteiger partial charge in [0.15, 0.2) is 0 Å². The van der Waals surface area contributed by atoms with Crippen molar-refractivity contribution in [1.29, 1.82) is 0 Å². The van der Waals surface area contributed by atoms with Crippen LogP contribution in [0.25, 0.3) is 0 Å². The van der Waals surface area contributed by atoms with E-state index in [1.165, 1.54) is 18.2 Å². The highest BCUT2D eigenvalue weighted by Gasteiger charge is 2.34. The molecule has 164 valence electrons. The van der Waals surface area contributed by atoms with E-state index in [1.54, 1.807) is 11.8 Å². The van der Waals surface area contributed by atoms with Gasteiger partial charge in [0.25, 0.3) is 11.6 Å². The number of nitrogens with one attached hydrogen (secondary N) is 1. The molecular weight excluding hydrogens is 398 g/mol. The molecule has 3 rings (SSSR count). The Hall–Kier alpha value is -3.42. The van der Waals surface area contributed by atoms with Crippen molar-refractivity contribution >= 4 is 17.5 Å². The van der Waals surface area contributed by atoms with Crippen LogP contribution in [0.2, 0.25) is 0 Å². The third kappa shape index (κ3) is 5.02. The van der Waals surface area contributed by atoms with Gasteiger partial charge < -0.3 is 15.0 Å². The molecule has 1 atom stereocenters. The van der Waals surface area contributed by atoms with Gasteiger partial charge in [0.2, 0.25) is 5.91 Å². The largest absolute Gasteiger partial charge is 0.491 e. The lowest BCUT2D eigenvalue weighted by atomic mass is 10.1. The Morgan fingerprint density at radius 3 is 2.52 bits per heavy atom. The second-order valence-corrected chi connectivity index (χ2v) is 7.78. The molecule has 2 aromatic rings. The molecule has 0 saturated carbocycles. The maximum atomic E-state index is 12.9. The van der Waals surface area contributed by atoms with Crippen LogP contribution in [0.4, 0.5) is 5.69 Å². The number of para-hydroxylation sites is 1. The molecule has 1 saturated heterocycles. The van der Waals surface area contributed by atoms with Crippen LogP contribution in [0.1, 0.15) is 39.9 Å². The minimum Gasteiger partial charge on any atom is -0.491 e. The van der Waals surface area contributed by atoms with Gasteiger partial charge in [0.1, 0.15) is 18.4 Å². The summed E-state index contributed by atoms with van der Waals surface area (Å²) in [5.74, 6) is 0.319. The van der Waals surface area contributed by atoms with Gasteiger partial charge in [-0.05, 0) is 56.9 Å². The maximum Gasteiger partial charge on any atom is 0.272 e. The molecule has 0 radical (unpaired) electrons. The number of amides is 2. The second kappa shape index (κ2) is 9.59. The summed E-state index contributed by atoms with van der Waals surface area (Å²) in [4.78, 5) is 37.7. The third-order valence-electron chi connectivity index (χ3n) is 5.51. The lowest BCUT2D eigenvalue weighted by Crippen LogP contribution is -2.46. The van der Waals surface area contributed by atoms with Crippen molar-refractivity contribution in [2.45, 2.75) is 39.7 Å². The van der Waals surface area contributed by atoms with Crippen molar-refractivity contribution in [3.05, 3.63) is 68.8 Å². The van der Waals surface area contributed by atoms with Crippen molar-refractivity contribution in [3.8, 4) is 5.75 Å². The minimum absolute atomic E-state index is 0.0313. The van der Waals surface area contributed by atoms with Crippen LogP contribution in [0.5, 0.6) is 5.75 Å². The quantitative estimate of drug-likeness (QED) is 0.417. The van der Waals surface area contributed by atoms with E-state index in [-0.39, 0.29) is 17.5 Å². The van der Waals surface area contributed by atoms with Crippen LogP contribution < -0.4 is 10.1 Å². The Morgan fingerprint density at radius 1 is 1.16 bits per heavy atom. The molecule has 0 spiro atoms. The highest BCUT2D eigenvalue weighted by molar-refractivity contribution is 5.98. The number of benzene rings is 2. The van der Waals surface area contributed by atoms with Crippen molar-refractivity contribution in [2.24, 2.45) is 0 Å². The Kier molecular flexibility index (Phi) is 6.89. The normalized spacial score (nSPS) is 15.6. The van der Waals surface area contributed by atoms with E-state index in [9.17, 15) is 19.7 Å². The highest BCUT2D eigenvalue weighted by atomic mass is 16.6. The van der Waals surface area contributed by atoms with Gasteiger partial charge in [-0.15, -0.1) is 0 Å². The van der Waals surface area contributed by atoms with Crippen LogP contribution in [0.3, 0.4) is 0 Å². The fourth-order valence-corrected chi connectivity index (χ4v) is 3.91. The zero-order valence-electron chi connectivity index (χ0n) is 18.0. The Balaban J connectivity index is 1.58. The van der Waals surface area contributed by atoms with E-state index in [0.29, 0.717) is 37.2 Å². The van der Waals surface area contributed by atoms with Crippen molar-refractivity contribution in [3.63, 3.8) is 0 Å². The number of carbonyl (C=O) groups is 2. The average Bonchev–Trinajstić information content (AvgIpc) is 3.21. The molecule has 2 amide bonds. The molecule has 0 bridgehead atoms. The van der Waals surface area contributed by atoms with E-state index < -0.39 is 11.0 Å². The zero-order chi connectivity index (χ0) is 22.5. The predicted octanol–water partition coefficient (Wildman–Crippen LogP) is 3.32. The molecule has 0 aliphatic carbocycles. The number of aryl methyl sites for hydroxylation is 3. The summed E-state index contributed by atoms with van der Waals surface area (Å²) < 4.78 is 5.82. The molecule has 8 nitrogen and oxygen atoms in total.